The summed E-state index contributed by atoms with van der Waals surface area (Å²) in [6, 6.07) is 8.18. The van der Waals surface area contributed by atoms with Crippen molar-refractivity contribution in [1.82, 2.24) is 10.3 Å². The molecule has 1 atom stereocenters. The minimum absolute atomic E-state index is 0.0410. The number of hydrogen-bond donors (Lipinski definition) is 1. The van der Waals surface area contributed by atoms with E-state index in [1.165, 1.54) is 19.1 Å². The van der Waals surface area contributed by atoms with Gasteiger partial charge in [-0.15, -0.1) is 0 Å². The van der Waals surface area contributed by atoms with Gasteiger partial charge in [-0.25, -0.2) is 0 Å². The van der Waals surface area contributed by atoms with E-state index in [-0.39, 0.29) is 11.8 Å². The topological polar surface area (TPSA) is 42.0 Å². The summed E-state index contributed by atoms with van der Waals surface area (Å²) in [7, 11) is 1.72. The smallest absolute Gasteiger partial charge is 0.310 e. The number of carbonyl (C=O) groups is 1. The zero-order valence-electron chi connectivity index (χ0n) is 12.8. The fraction of sp³-hybridized carbons (Fsp3) is 0.294. The van der Waals surface area contributed by atoms with Crippen LogP contribution in [0.5, 0.6) is 0 Å². The Balaban J connectivity index is 2.15. The summed E-state index contributed by atoms with van der Waals surface area (Å²) < 4.78 is 37.6. The second-order valence-corrected chi connectivity index (χ2v) is 5.28. The molecule has 0 aliphatic carbocycles. The number of nitrogens with zero attached hydrogens (tertiary/aromatic N) is 1. The summed E-state index contributed by atoms with van der Waals surface area (Å²) in [5, 5.41) is 2.93. The van der Waals surface area contributed by atoms with E-state index >= 15 is 0 Å². The molecule has 0 bridgehead atoms. The van der Waals surface area contributed by atoms with Crippen LogP contribution in [-0.4, -0.2) is 23.9 Å². The quantitative estimate of drug-likeness (QED) is 0.916. The highest BCUT2D eigenvalue weighted by atomic mass is 19.4. The Bertz CT molecular complexity index is 664. The minimum Gasteiger partial charge on any atom is -0.310 e. The molecule has 1 aromatic carbocycles. The number of rotatable bonds is 5. The number of hydrogen-bond acceptors (Lipinski definition) is 3. The van der Waals surface area contributed by atoms with Crippen molar-refractivity contribution >= 4 is 5.78 Å². The number of benzene rings is 1. The number of halogens is 3. The molecule has 23 heavy (non-hydrogen) atoms. The van der Waals surface area contributed by atoms with Gasteiger partial charge in [0.15, 0.2) is 0 Å². The largest absolute Gasteiger partial charge is 0.416 e. The first-order valence-corrected chi connectivity index (χ1v) is 7.11. The van der Waals surface area contributed by atoms with Crippen molar-refractivity contribution in [3.05, 3.63) is 53.7 Å². The monoisotopic (exact) mass is 322 g/mol. The Morgan fingerprint density at radius 2 is 1.83 bits per heavy atom. The molecule has 0 aliphatic heterocycles. The van der Waals surface area contributed by atoms with Crippen LogP contribution in [0.1, 0.15) is 18.1 Å². The molecular formula is C17H17F3N2O. The minimum atomic E-state index is -4.34. The van der Waals surface area contributed by atoms with Crippen LogP contribution in [0, 0.1) is 0 Å². The molecule has 2 rings (SSSR count). The van der Waals surface area contributed by atoms with Crippen LogP contribution in [0.4, 0.5) is 13.2 Å². The van der Waals surface area contributed by atoms with Crippen LogP contribution >= 0.6 is 0 Å². The average Bonchev–Trinajstić information content (AvgIpc) is 2.52. The highest BCUT2D eigenvalue weighted by Gasteiger charge is 2.29. The van der Waals surface area contributed by atoms with Crippen molar-refractivity contribution in [3.63, 3.8) is 0 Å². The molecule has 1 unspecified atom stereocenters. The van der Waals surface area contributed by atoms with E-state index in [2.05, 4.69) is 10.3 Å². The Morgan fingerprint density at radius 3 is 2.26 bits per heavy atom. The van der Waals surface area contributed by atoms with Crippen LogP contribution in [0.3, 0.4) is 0 Å². The van der Waals surface area contributed by atoms with E-state index in [0.29, 0.717) is 17.7 Å². The van der Waals surface area contributed by atoms with Crippen molar-refractivity contribution in [2.75, 3.05) is 7.05 Å². The normalized spacial score (nSPS) is 12.9. The van der Waals surface area contributed by atoms with Crippen molar-refractivity contribution < 1.29 is 18.0 Å². The summed E-state index contributed by atoms with van der Waals surface area (Å²) in [4.78, 5) is 15.7. The molecule has 0 fully saturated rings. The molecule has 1 N–H and O–H groups in total. The van der Waals surface area contributed by atoms with Crippen LogP contribution in [0.25, 0.3) is 11.3 Å². The number of aromatic nitrogens is 1. The van der Waals surface area contributed by atoms with Crippen LogP contribution in [0.15, 0.2) is 42.6 Å². The molecule has 0 radical (unpaired) electrons. The third-order valence-electron chi connectivity index (χ3n) is 3.61. The van der Waals surface area contributed by atoms with Gasteiger partial charge in [0, 0.05) is 11.8 Å². The summed E-state index contributed by atoms with van der Waals surface area (Å²) in [6.45, 7) is 1.52. The molecule has 3 nitrogen and oxygen atoms in total. The molecule has 1 heterocycles. The van der Waals surface area contributed by atoms with Gasteiger partial charge in [0.05, 0.1) is 17.3 Å². The first-order valence-electron chi connectivity index (χ1n) is 7.11. The Hall–Kier alpha value is -2.21. The van der Waals surface area contributed by atoms with Gasteiger partial charge in [-0.3, -0.25) is 9.78 Å². The van der Waals surface area contributed by atoms with Crippen LogP contribution in [0.2, 0.25) is 0 Å². The molecule has 0 saturated carbocycles. The first-order chi connectivity index (χ1) is 10.8. The lowest BCUT2D eigenvalue weighted by molar-refractivity contribution is -0.137. The third kappa shape index (κ3) is 4.39. The van der Waals surface area contributed by atoms with Crippen LogP contribution in [-0.2, 0) is 17.4 Å². The molecule has 0 saturated heterocycles. The molecule has 0 spiro atoms. The standard InChI is InChI=1S/C17H17F3N2O/c1-11(23)16(21-2)9-12-3-8-15(22-10-12)13-4-6-14(7-5-13)17(18,19)20/h3-8,10,16,21H,9H2,1-2H3. The highest BCUT2D eigenvalue weighted by molar-refractivity contribution is 5.81. The number of alkyl halides is 3. The van der Waals surface area contributed by atoms with Gasteiger partial charge in [0.25, 0.3) is 0 Å². The van der Waals surface area contributed by atoms with Crippen molar-refractivity contribution in [3.8, 4) is 11.3 Å². The predicted octanol–water partition coefficient (Wildman–Crippen LogP) is 3.49. The lowest BCUT2D eigenvalue weighted by Gasteiger charge is -2.12. The van der Waals surface area contributed by atoms with E-state index < -0.39 is 11.7 Å². The zero-order chi connectivity index (χ0) is 17.0. The average molecular weight is 322 g/mol. The first kappa shape index (κ1) is 17.1. The molecule has 1 aromatic heterocycles. The number of carbonyl (C=O) groups excluding carboxylic acids is 1. The van der Waals surface area contributed by atoms with Gasteiger partial charge >= 0.3 is 6.18 Å². The number of nitrogens with one attached hydrogen (secondary N) is 1. The van der Waals surface area contributed by atoms with E-state index in [9.17, 15) is 18.0 Å². The number of Topliss-reactive ketones (excluding diaryl/α,β-unsaturated/α-hetero) is 1. The molecule has 122 valence electrons. The summed E-state index contributed by atoms with van der Waals surface area (Å²) in [5.74, 6) is 0.0410. The van der Waals surface area contributed by atoms with Gasteiger partial charge in [0.1, 0.15) is 5.78 Å². The van der Waals surface area contributed by atoms with Crippen molar-refractivity contribution in [2.45, 2.75) is 25.6 Å². The SMILES string of the molecule is CNC(Cc1ccc(-c2ccc(C(F)(F)F)cc2)nc1)C(C)=O. The van der Waals surface area contributed by atoms with Crippen molar-refractivity contribution in [1.29, 1.82) is 0 Å². The molecule has 0 aliphatic rings. The Morgan fingerprint density at radius 1 is 1.17 bits per heavy atom. The number of likely N-dealkylation sites (N-methyl/N-ethyl adjacent to an activating group) is 1. The zero-order valence-corrected chi connectivity index (χ0v) is 12.8. The predicted molar refractivity (Wildman–Crippen MR) is 81.9 cm³/mol. The van der Waals surface area contributed by atoms with Crippen molar-refractivity contribution in [2.24, 2.45) is 0 Å². The van der Waals surface area contributed by atoms with Gasteiger partial charge in [-0.2, -0.15) is 13.2 Å². The second kappa shape index (κ2) is 6.91. The van der Waals surface area contributed by atoms with Gasteiger partial charge in [0.2, 0.25) is 0 Å². The molecule has 2 aromatic rings. The Labute approximate surface area is 132 Å². The summed E-state index contributed by atoms with van der Waals surface area (Å²) in [6.07, 6.45) is -2.18. The molecule has 0 amide bonds. The lowest BCUT2D eigenvalue weighted by atomic mass is 10.0. The number of pyridine rings is 1. The molecule has 6 heteroatoms. The fourth-order valence-electron chi connectivity index (χ4n) is 2.23. The van der Waals surface area contributed by atoms with Crippen LogP contribution < -0.4 is 5.32 Å². The van der Waals surface area contributed by atoms with Gasteiger partial charge in [-0.05, 0) is 44.2 Å². The lowest BCUT2D eigenvalue weighted by Crippen LogP contribution is -2.34. The van der Waals surface area contributed by atoms with E-state index in [1.807, 2.05) is 6.07 Å². The number of ketones is 1. The molecular weight excluding hydrogens is 305 g/mol. The summed E-state index contributed by atoms with van der Waals surface area (Å²) in [5.41, 5.74) is 1.40. The highest BCUT2D eigenvalue weighted by Crippen LogP contribution is 2.30. The van der Waals surface area contributed by atoms with E-state index in [1.54, 1.807) is 19.3 Å². The second-order valence-electron chi connectivity index (χ2n) is 5.28. The third-order valence-corrected chi connectivity index (χ3v) is 3.61. The fourth-order valence-corrected chi connectivity index (χ4v) is 2.23. The van der Waals surface area contributed by atoms with Gasteiger partial charge < -0.3 is 5.32 Å². The maximum absolute atomic E-state index is 12.5. The van der Waals surface area contributed by atoms with E-state index in [4.69, 9.17) is 0 Å². The maximum atomic E-state index is 12.5. The maximum Gasteiger partial charge on any atom is 0.416 e. The summed E-state index contributed by atoms with van der Waals surface area (Å²) >= 11 is 0. The Kier molecular flexibility index (Phi) is 5.15. The van der Waals surface area contributed by atoms with E-state index in [0.717, 1.165) is 17.7 Å². The van der Waals surface area contributed by atoms with Gasteiger partial charge in [-0.1, -0.05) is 18.2 Å².